The number of rotatable bonds is 4. The second-order valence-electron chi connectivity index (χ2n) is 5.54. The molecule has 1 fully saturated rings. The monoisotopic (exact) mass is 271 g/mol. The van der Waals surface area contributed by atoms with Crippen molar-refractivity contribution < 1.29 is 9.52 Å². The molecular formula is C17H21NO2. The van der Waals surface area contributed by atoms with Gasteiger partial charge < -0.3 is 14.8 Å². The molecule has 0 aliphatic heterocycles. The standard InChI is InChI=1S/C17H21NO2/c19-15-9-4-8-14(12-15)18-17(16-10-5-11-20-16)13-6-2-1-3-7-13/h1-3,5-7,10-11,14-15,17-19H,4,8-9,12H2. The van der Waals surface area contributed by atoms with Gasteiger partial charge >= 0.3 is 0 Å². The zero-order valence-electron chi connectivity index (χ0n) is 11.5. The van der Waals surface area contributed by atoms with E-state index in [2.05, 4.69) is 17.4 Å². The maximum absolute atomic E-state index is 9.83. The van der Waals surface area contributed by atoms with E-state index in [1.807, 2.05) is 30.3 Å². The van der Waals surface area contributed by atoms with Crippen molar-refractivity contribution in [1.29, 1.82) is 0 Å². The van der Waals surface area contributed by atoms with E-state index in [0.717, 1.165) is 31.4 Å². The topological polar surface area (TPSA) is 45.4 Å². The van der Waals surface area contributed by atoms with Gasteiger partial charge in [0.05, 0.1) is 18.4 Å². The molecule has 3 nitrogen and oxygen atoms in total. The van der Waals surface area contributed by atoms with E-state index in [9.17, 15) is 5.11 Å². The highest BCUT2D eigenvalue weighted by Crippen LogP contribution is 2.26. The lowest BCUT2D eigenvalue weighted by atomic mass is 9.91. The van der Waals surface area contributed by atoms with Crippen LogP contribution in [0.15, 0.2) is 53.1 Å². The third-order valence-corrected chi connectivity index (χ3v) is 4.01. The molecule has 2 aromatic rings. The van der Waals surface area contributed by atoms with Gasteiger partial charge in [-0.1, -0.05) is 30.3 Å². The Hall–Kier alpha value is -1.58. The minimum absolute atomic E-state index is 0.0569. The lowest BCUT2D eigenvalue weighted by Crippen LogP contribution is -2.38. The van der Waals surface area contributed by atoms with Crippen molar-refractivity contribution in [1.82, 2.24) is 5.32 Å². The molecule has 3 unspecified atom stereocenters. The van der Waals surface area contributed by atoms with Crippen LogP contribution >= 0.6 is 0 Å². The average molecular weight is 271 g/mol. The lowest BCUT2D eigenvalue weighted by molar-refractivity contribution is 0.109. The maximum atomic E-state index is 9.83. The third-order valence-electron chi connectivity index (χ3n) is 4.01. The Morgan fingerprint density at radius 1 is 1.10 bits per heavy atom. The maximum Gasteiger partial charge on any atom is 0.125 e. The van der Waals surface area contributed by atoms with Gasteiger partial charge in [0.15, 0.2) is 0 Å². The summed E-state index contributed by atoms with van der Waals surface area (Å²) < 4.78 is 5.59. The fraction of sp³-hybridized carbons (Fsp3) is 0.412. The molecule has 106 valence electrons. The Bertz CT molecular complexity index is 509. The second kappa shape index (κ2) is 6.25. The van der Waals surface area contributed by atoms with Gasteiger partial charge in [0.25, 0.3) is 0 Å². The molecule has 3 atom stereocenters. The molecule has 3 heteroatoms. The van der Waals surface area contributed by atoms with Crippen LogP contribution in [-0.2, 0) is 0 Å². The number of hydrogen-bond donors (Lipinski definition) is 2. The smallest absolute Gasteiger partial charge is 0.125 e. The molecule has 1 heterocycles. The molecule has 1 aliphatic rings. The number of benzene rings is 1. The van der Waals surface area contributed by atoms with E-state index in [-0.39, 0.29) is 12.1 Å². The first-order chi connectivity index (χ1) is 9.83. The highest BCUT2D eigenvalue weighted by atomic mass is 16.3. The summed E-state index contributed by atoms with van der Waals surface area (Å²) in [5, 5.41) is 13.5. The minimum Gasteiger partial charge on any atom is -0.467 e. The summed E-state index contributed by atoms with van der Waals surface area (Å²) in [6.45, 7) is 0. The van der Waals surface area contributed by atoms with Crippen molar-refractivity contribution in [3.05, 3.63) is 60.1 Å². The van der Waals surface area contributed by atoms with Crippen molar-refractivity contribution >= 4 is 0 Å². The van der Waals surface area contributed by atoms with Crippen molar-refractivity contribution in [3.63, 3.8) is 0 Å². The quantitative estimate of drug-likeness (QED) is 0.897. The summed E-state index contributed by atoms with van der Waals surface area (Å²) in [6.07, 6.45) is 5.48. The molecule has 1 aromatic carbocycles. The predicted octanol–water partition coefficient (Wildman–Crippen LogP) is 3.26. The fourth-order valence-corrected chi connectivity index (χ4v) is 2.99. The molecule has 0 bridgehead atoms. The number of aliphatic hydroxyl groups is 1. The van der Waals surface area contributed by atoms with Gasteiger partial charge in [0, 0.05) is 6.04 Å². The van der Waals surface area contributed by atoms with Crippen LogP contribution in [0.3, 0.4) is 0 Å². The van der Waals surface area contributed by atoms with E-state index >= 15 is 0 Å². The fourth-order valence-electron chi connectivity index (χ4n) is 2.99. The van der Waals surface area contributed by atoms with Gasteiger partial charge in [0.2, 0.25) is 0 Å². The highest BCUT2D eigenvalue weighted by Gasteiger charge is 2.25. The highest BCUT2D eigenvalue weighted by molar-refractivity contribution is 5.26. The first-order valence-corrected chi connectivity index (χ1v) is 7.35. The van der Waals surface area contributed by atoms with Gasteiger partial charge in [-0.25, -0.2) is 0 Å². The zero-order chi connectivity index (χ0) is 13.8. The summed E-state index contributed by atoms with van der Waals surface area (Å²) in [5.41, 5.74) is 1.20. The van der Waals surface area contributed by atoms with Crippen LogP contribution in [-0.4, -0.2) is 17.3 Å². The molecule has 2 N–H and O–H groups in total. The number of furan rings is 1. The number of aliphatic hydroxyl groups excluding tert-OH is 1. The van der Waals surface area contributed by atoms with Gasteiger partial charge in [-0.2, -0.15) is 0 Å². The van der Waals surface area contributed by atoms with Crippen molar-refractivity contribution in [2.45, 2.75) is 43.9 Å². The van der Waals surface area contributed by atoms with Crippen molar-refractivity contribution in [2.75, 3.05) is 0 Å². The molecule has 0 saturated heterocycles. The van der Waals surface area contributed by atoms with Crippen LogP contribution < -0.4 is 5.32 Å². The van der Waals surface area contributed by atoms with E-state index < -0.39 is 0 Å². The molecule has 1 aromatic heterocycles. The third kappa shape index (κ3) is 3.11. The molecule has 3 rings (SSSR count). The molecule has 1 saturated carbocycles. The van der Waals surface area contributed by atoms with Gasteiger partial charge in [-0.3, -0.25) is 0 Å². The van der Waals surface area contributed by atoms with Crippen LogP contribution in [0.4, 0.5) is 0 Å². The van der Waals surface area contributed by atoms with E-state index in [4.69, 9.17) is 4.42 Å². The molecule has 0 radical (unpaired) electrons. The summed E-state index contributed by atoms with van der Waals surface area (Å²) in [5.74, 6) is 0.927. The van der Waals surface area contributed by atoms with Gasteiger partial charge in [-0.15, -0.1) is 0 Å². The molecule has 0 spiro atoms. The first-order valence-electron chi connectivity index (χ1n) is 7.35. The van der Waals surface area contributed by atoms with Crippen LogP contribution in [0, 0.1) is 0 Å². The lowest BCUT2D eigenvalue weighted by Gasteiger charge is -2.30. The van der Waals surface area contributed by atoms with Crippen LogP contribution in [0.1, 0.15) is 43.0 Å². The normalized spacial score (nSPS) is 24.4. The summed E-state index contributed by atoms with van der Waals surface area (Å²) >= 11 is 0. The van der Waals surface area contributed by atoms with Crippen LogP contribution in [0.25, 0.3) is 0 Å². The average Bonchev–Trinajstić information content (AvgIpc) is 3.00. The first kappa shape index (κ1) is 13.4. The predicted molar refractivity (Wildman–Crippen MR) is 78.4 cm³/mol. The van der Waals surface area contributed by atoms with E-state index in [0.29, 0.717) is 6.04 Å². The Morgan fingerprint density at radius 2 is 1.95 bits per heavy atom. The molecular weight excluding hydrogens is 250 g/mol. The van der Waals surface area contributed by atoms with Gasteiger partial charge in [0.1, 0.15) is 5.76 Å². The van der Waals surface area contributed by atoms with Crippen molar-refractivity contribution in [3.8, 4) is 0 Å². The van der Waals surface area contributed by atoms with E-state index in [1.165, 1.54) is 5.56 Å². The zero-order valence-corrected chi connectivity index (χ0v) is 11.5. The molecule has 0 amide bonds. The number of nitrogens with one attached hydrogen (secondary N) is 1. The summed E-state index contributed by atoms with van der Waals surface area (Å²) in [7, 11) is 0. The number of hydrogen-bond acceptors (Lipinski definition) is 3. The summed E-state index contributed by atoms with van der Waals surface area (Å²) in [4.78, 5) is 0. The Labute approximate surface area is 119 Å². The minimum atomic E-state index is -0.172. The van der Waals surface area contributed by atoms with Crippen LogP contribution in [0.5, 0.6) is 0 Å². The second-order valence-corrected chi connectivity index (χ2v) is 5.54. The molecule has 1 aliphatic carbocycles. The van der Waals surface area contributed by atoms with Crippen molar-refractivity contribution in [2.24, 2.45) is 0 Å². The van der Waals surface area contributed by atoms with Gasteiger partial charge in [-0.05, 0) is 43.4 Å². The Kier molecular flexibility index (Phi) is 4.19. The Balaban J connectivity index is 1.79. The molecule has 20 heavy (non-hydrogen) atoms. The van der Waals surface area contributed by atoms with Crippen LogP contribution in [0.2, 0.25) is 0 Å². The Morgan fingerprint density at radius 3 is 2.65 bits per heavy atom. The largest absolute Gasteiger partial charge is 0.467 e. The van der Waals surface area contributed by atoms with E-state index in [1.54, 1.807) is 6.26 Å². The SMILES string of the molecule is OC1CCCC(NC(c2ccccc2)c2ccco2)C1. The summed E-state index contributed by atoms with van der Waals surface area (Å²) in [6, 6.07) is 14.7.